The predicted molar refractivity (Wildman–Crippen MR) is 83.7 cm³/mol. The number of benzene rings is 2. The molecule has 100 valence electrons. The first-order chi connectivity index (χ1) is 9.85. The van der Waals surface area contributed by atoms with Crippen LogP contribution in [-0.2, 0) is 6.42 Å². The van der Waals surface area contributed by atoms with Gasteiger partial charge < -0.3 is 5.32 Å². The lowest BCUT2D eigenvalue weighted by molar-refractivity contribution is 1.15. The fourth-order valence-corrected chi connectivity index (χ4v) is 2.25. The highest BCUT2D eigenvalue weighted by atomic mass is 35.5. The van der Waals surface area contributed by atoms with Gasteiger partial charge in [0.05, 0.1) is 17.2 Å². The molecule has 0 saturated heterocycles. The van der Waals surface area contributed by atoms with Crippen LogP contribution >= 0.6 is 11.6 Å². The van der Waals surface area contributed by atoms with E-state index in [0.29, 0.717) is 5.88 Å². The van der Waals surface area contributed by atoms with Gasteiger partial charge in [0.2, 0.25) is 0 Å². The van der Waals surface area contributed by atoms with E-state index >= 15 is 0 Å². The van der Waals surface area contributed by atoms with E-state index in [1.807, 2.05) is 36.4 Å². The topological polar surface area (TPSA) is 37.8 Å². The Labute approximate surface area is 122 Å². The number of alkyl halides is 1. The van der Waals surface area contributed by atoms with Crippen molar-refractivity contribution < 1.29 is 0 Å². The molecule has 20 heavy (non-hydrogen) atoms. The molecule has 3 nitrogen and oxygen atoms in total. The Hall–Kier alpha value is -2.13. The molecule has 0 aliphatic heterocycles. The summed E-state index contributed by atoms with van der Waals surface area (Å²) in [5, 5.41) is 3.26. The lowest BCUT2D eigenvalue weighted by Crippen LogP contribution is -1.95. The maximum absolute atomic E-state index is 5.73. The van der Waals surface area contributed by atoms with E-state index in [9.17, 15) is 0 Å². The highest BCUT2D eigenvalue weighted by Crippen LogP contribution is 2.17. The monoisotopic (exact) mass is 283 g/mol. The Morgan fingerprint density at radius 3 is 2.45 bits per heavy atom. The number of aromatic nitrogens is 2. The van der Waals surface area contributed by atoms with Crippen molar-refractivity contribution in [3.8, 4) is 0 Å². The largest absolute Gasteiger partial charge is 0.339 e. The molecule has 1 heterocycles. The minimum absolute atomic E-state index is 0.642. The molecule has 0 bridgehead atoms. The molecule has 0 amide bonds. The van der Waals surface area contributed by atoms with Crippen LogP contribution in [-0.4, -0.2) is 15.8 Å². The summed E-state index contributed by atoms with van der Waals surface area (Å²) >= 11 is 5.73. The number of rotatable bonds is 4. The van der Waals surface area contributed by atoms with E-state index in [1.54, 1.807) is 6.20 Å². The van der Waals surface area contributed by atoms with Crippen LogP contribution in [0.15, 0.2) is 54.7 Å². The van der Waals surface area contributed by atoms with E-state index < -0.39 is 0 Å². The lowest BCUT2D eigenvalue weighted by Gasteiger charge is -2.07. The summed E-state index contributed by atoms with van der Waals surface area (Å²) in [6.07, 6.45) is 2.63. The molecular weight excluding hydrogens is 270 g/mol. The second-order valence-corrected chi connectivity index (χ2v) is 4.88. The molecule has 0 aliphatic rings. The zero-order chi connectivity index (χ0) is 13.8. The molecule has 0 radical (unpaired) electrons. The number of hydrogen-bond donors (Lipinski definition) is 1. The molecule has 2 aromatic carbocycles. The summed E-state index contributed by atoms with van der Waals surface area (Å²) in [4.78, 5) is 8.92. The molecule has 1 aromatic heterocycles. The van der Waals surface area contributed by atoms with Gasteiger partial charge in [-0.25, -0.2) is 4.98 Å². The van der Waals surface area contributed by atoms with Crippen LogP contribution in [0.3, 0.4) is 0 Å². The minimum atomic E-state index is 0.642. The Bertz CT molecular complexity index is 710. The van der Waals surface area contributed by atoms with Crippen LogP contribution in [0.25, 0.3) is 11.0 Å². The van der Waals surface area contributed by atoms with Crippen LogP contribution < -0.4 is 5.32 Å². The van der Waals surface area contributed by atoms with Gasteiger partial charge in [0.15, 0.2) is 0 Å². The van der Waals surface area contributed by atoms with E-state index in [-0.39, 0.29) is 0 Å². The number of fused-ring (bicyclic) bond motifs is 1. The highest BCUT2D eigenvalue weighted by molar-refractivity contribution is 6.17. The molecule has 0 fully saturated rings. The van der Waals surface area contributed by atoms with Gasteiger partial charge in [0.25, 0.3) is 0 Å². The third-order valence-electron chi connectivity index (χ3n) is 3.06. The average Bonchev–Trinajstić information content (AvgIpc) is 2.49. The Morgan fingerprint density at radius 1 is 0.950 bits per heavy atom. The Morgan fingerprint density at radius 2 is 1.70 bits per heavy atom. The van der Waals surface area contributed by atoms with Gasteiger partial charge in [0, 0.05) is 11.6 Å². The number of halogens is 1. The van der Waals surface area contributed by atoms with Crippen molar-refractivity contribution in [2.24, 2.45) is 0 Å². The van der Waals surface area contributed by atoms with Gasteiger partial charge in [-0.05, 0) is 36.2 Å². The molecule has 0 unspecified atom stereocenters. The third-order valence-corrected chi connectivity index (χ3v) is 3.25. The van der Waals surface area contributed by atoms with Crippen molar-refractivity contribution in [1.29, 1.82) is 0 Å². The second kappa shape index (κ2) is 5.88. The zero-order valence-corrected chi connectivity index (χ0v) is 11.6. The van der Waals surface area contributed by atoms with Crippen molar-refractivity contribution in [3.05, 3.63) is 60.3 Å². The molecular formula is C16H14ClN3. The first kappa shape index (κ1) is 12.9. The summed E-state index contributed by atoms with van der Waals surface area (Å²) < 4.78 is 0. The van der Waals surface area contributed by atoms with Gasteiger partial charge in [-0.3, -0.25) is 4.98 Å². The SMILES string of the molecule is ClCCc1ccc(Nc2cnc3ccccc3n2)cc1. The van der Waals surface area contributed by atoms with Crippen LogP contribution in [0.1, 0.15) is 5.56 Å². The summed E-state index contributed by atoms with van der Waals surface area (Å²) in [5.41, 5.74) is 4.01. The number of hydrogen-bond acceptors (Lipinski definition) is 3. The molecule has 0 spiro atoms. The maximum atomic E-state index is 5.73. The molecule has 1 N–H and O–H groups in total. The van der Waals surface area contributed by atoms with Crippen molar-refractivity contribution in [2.45, 2.75) is 6.42 Å². The minimum Gasteiger partial charge on any atom is -0.339 e. The van der Waals surface area contributed by atoms with E-state index in [1.165, 1.54) is 5.56 Å². The van der Waals surface area contributed by atoms with Crippen molar-refractivity contribution in [3.63, 3.8) is 0 Å². The average molecular weight is 284 g/mol. The summed E-state index contributed by atoms with van der Waals surface area (Å²) in [5.74, 6) is 1.39. The van der Waals surface area contributed by atoms with Gasteiger partial charge in [-0.15, -0.1) is 11.6 Å². The van der Waals surface area contributed by atoms with E-state index in [2.05, 4.69) is 27.4 Å². The standard InChI is InChI=1S/C16H14ClN3/c17-10-9-12-5-7-13(8-6-12)19-16-11-18-14-3-1-2-4-15(14)20-16/h1-8,11H,9-10H2,(H,19,20). The van der Waals surface area contributed by atoms with Crippen molar-refractivity contribution in [2.75, 3.05) is 11.2 Å². The number of para-hydroxylation sites is 2. The predicted octanol–water partition coefficient (Wildman–Crippen LogP) is 4.15. The summed E-state index contributed by atoms with van der Waals surface area (Å²) in [6, 6.07) is 16.0. The fourth-order valence-electron chi connectivity index (χ4n) is 2.03. The second-order valence-electron chi connectivity index (χ2n) is 4.50. The van der Waals surface area contributed by atoms with Gasteiger partial charge >= 0.3 is 0 Å². The normalized spacial score (nSPS) is 10.7. The molecule has 0 atom stereocenters. The van der Waals surface area contributed by atoms with Gasteiger partial charge in [0.1, 0.15) is 5.82 Å². The van der Waals surface area contributed by atoms with Crippen LogP contribution in [0.4, 0.5) is 11.5 Å². The highest BCUT2D eigenvalue weighted by Gasteiger charge is 2.00. The number of nitrogens with one attached hydrogen (secondary N) is 1. The molecule has 4 heteroatoms. The van der Waals surface area contributed by atoms with Crippen LogP contribution in [0, 0.1) is 0 Å². The van der Waals surface area contributed by atoms with Gasteiger partial charge in [-0.2, -0.15) is 0 Å². The number of nitrogens with zero attached hydrogens (tertiary/aromatic N) is 2. The first-order valence-corrected chi connectivity index (χ1v) is 7.02. The van der Waals surface area contributed by atoms with Crippen LogP contribution in [0.2, 0.25) is 0 Å². The Balaban J connectivity index is 1.81. The van der Waals surface area contributed by atoms with Crippen LogP contribution in [0.5, 0.6) is 0 Å². The lowest BCUT2D eigenvalue weighted by atomic mass is 10.1. The summed E-state index contributed by atoms with van der Waals surface area (Å²) in [7, 11) is 0. The molecule has 3 rings (SSSR count). The number of anilines is 2. The maximum Gasteiger partial charge on any atom is 0.149 e. The summed E-state index contributed by atoms with van der Waals surface area (Å²) in [6.45, 7) is 0. The van der Waals surface area contributed by atoms with Crippen molar-refractivity contribution >= 4 is 34.1 Å². The molecule has 0 aliphatic carbocycles. The quantitative estimate of drug-likeness (QED) is 0.731. The van der Waals surface area contributed by atoms with E-state index in [0.717, 1.165) is 29.0 Å². The molecule has 0 saturated carbocycles. The fraction of sp³-hybridized carbons (Fsp3) is 0.125. The zero-order valence-electron chi connectivity index (χ0n) is 10.9. The molecule has 3 aromatic rings. The van der Waals surface area contributed by atoms with Crippen molar-refractivity contribution in [1.82, 2.24) is 9.97 Å². The van der Waals surface area contributed by atoms with E-state index in [4.69, 9.17) is 11.6 Å². The van der Waals surface area contributed by atoms with Gasteiger partial charge in [-0.1, -0.05) is 24.3 Å². The number of aryl methyl sites for hydroxylation is 1. The Kier molecular flexibility index (Phi) is 3.79. The first-order valence-electron chi connectivity index (χ1n) is 6.49. The third kappa shape index (κ3) is 2.89. The smallest absolute Gasteiger partial charge is 0.149 e.